The van der Waals surface area contributed by atoms with Crippen LogP contribution in [-0.4, -0.2) is 35.6 Å². The van der Waals surface area contributed by atoms with Gasteiger partial charge in [0, 0.05) is 12.2 Å². The van der Waals surface area contributed by atoms with Crippen molar-refractivity contribution in [3.8, 4) is 5.75 Å². The minimum absolute atomic E-state index is 0.134. The van der Waals surface area contributed by atoms with Crippen LogP contribution < -0.4 is 9.64 Å². The molecule has 1 amide bonds. The molecule has 0 fully saturated rings. The number of aryl methyl sites for hydroxylation is 1. The first kappa shape index (κ1) is 16.0. The Hall–Kier alpha value is -2.89. The molecule has 0 aliphatic carbocycles. The number of rotatable bonds is 3. The van der Waals surface area contributed by atoms with E-state index in [9.17, 15) is 9.59 Å². The van der Waals surface area contributed by atoms with E-state index in [0.29, 0.717) is 6.54 Å². The molecule has 2 aromatic rings. The minimum atomic E-state index is -1.15. The molecule has 0 radical (unpaired) electrons. The molecule has 24 heavy (non-hydrogen) atoms. The summed E-state index contributed by atoms with van der Waals surface area (Å²) < 4.78 is 5.26. The third kappa shape index (κ3) is 3.08. The topological polar surface area (TPSA) is 79.7 Å². The fourth-order valence-electron chi connectivity index (χ4n) is 2.88. The first-order chi connectivity index (χ1) is 11.6. The van der Waals surface area contributed by atoms with Gasteiger partial charge in [0.05, 0.1) is 7.11 Å². The minimum Gasteiger partial charge on any atom is -0.497 e. The maximum absolute atomic E-state index is 12.9. The number of methoxy groups -OCH3 is 1. The number of fused-ring (bicyclic) bond motifs is 1. The highest BCUT2D eigenvalue weighted by Gasteiger charge is 2.24. The van der Waals surface area contributed by atoms with E-state index >= 15 is 0 Å². The number of carbonyl (C=O) groups is 2. The summed E-state index contributed by atoms with van der Waals surface area (Å²) in [5.74, 6) is -0.675. The fraction of sp³-hybridized carbons (Fsp3) is 0.278. The lowest BCUT2D eigenvalue weighted by atomic mass is 10.1. The molecule has 1 aromatic heterocycles. The van der Waals surface area contributed by atoms with E-state index in [-0.39, 0.29) is 17.3 Å². The smallest absolute Gasteiger partial charge is 0.354 e. The first-order valence-electron chi connectivity index (χ1n) is 7.79. The summed E-state index contributed by atoms with van der Waals surface area (Å²) in [6.45, 7) is 0.580. The van der Waals surface area contributed by atoms with Crippen LogP contribution in [0.25, 0.3) is 0 Å². The molecule has 3 rings (SSSR count). The number of ether oxygens (including phenoxy) is 1. The Morgan fingerprint density at radius 3 is 2.71 bits per heavy atom. The molecular formula is C18H18N2O4. The summed E-state index contributed by atoms with van der Waals surface area (Å²) in [4.78, 5) is 29.6. The third-order valence-electron chi connectivity index (χ3n) is 4.09. The highest BCUT2D eigenvalue weighted by atomic mass is 16.5. The lowest BCUT2D eigenvalue weighted by Gasteiger charge is -2.23. The molecule has 0 saturated carbocycles. The van der Waals surface area contributed by atoms with E-state index in [1.165, 1.54) is 12.1 Å². The molecule has 0 spiro atoms. The Kier molecular flexibility index (Phi) is 4.46. The number of anilines is 1. The van der Waals surface area contributed by atoms with Crippen molar-refractivity contribution in [2.24, 2.45) is 0 Å². The summed E-state index contributed by atoms with van der Waals surface area (Å²) in [5.41, 5.74) is 1.89. The Morgan fingerprint density at radius 2 is 1.96 bits per heavy atom. The molecule has 124 valence electrons. The quantitative estimate of drug-likeness (QED) is 0.938. The molecule has 1 aliphatic heterocycles. The van der Waals surface area contributed by atoms with Crippen LogP contribution in [0.3, 0.4) is 0 Å². The number of aromatic carboxylic acids is 1. The second kappa shape index (κ2) is 6.70. The Bertz CT molecular complexity index is 788. The summed E-state index contributed by atoms with van der Waals surface area (Å²) in [6.07, 6.45) is 2.73. The van der Waals surface area contributed by atoms with Gasteiger partial charge in [0.2, 0.25) is 0 Å². The third-order valence-corrected chi connectivity index (χ3v) is 4.09. The normalized spacial score (nSPS) is 13.8. The van der Waals surface area contributed by atoms with Gasteiger partial charge in [-0.3, -0.25) is 4.79 Å². The Labute approximate surface area is 139 Å². The van der Waals surface area contributed by atoms with Crippen LogP contribution in [0.1, 0.15) is 39.4 Å². The van der Waals surface area contributed by atoms with E-state index in [1.807, 2.05) is 18.2 Å². The predicted molar refractivity (Wildman–Crippen MR) is 88.8 cm³/mol. The molecule has 6 nitrogen and oxygen atoms in total. The van der Waals surface area contributed by atoms with Crippen LogP contribution >= 0.6 is 0 Å². The number of carboxylic acids is 1. The molecule has 1 aliphatic rings. The van der Waals surface area contributed by atoms with Crippen LogP contribution in [0.15, 0.2) is 36.4 Å². The predicted octanol–water partition coefficient (Wildman–Crippen LogP) is 2.77. The molecule has 1 N–H and O–H groups in total. The van der Waals surface area contributed by atoms with Crippen LogP contribution in [0.4, 0.5) is 5.69 Å². The van der Waals surface area contributed by atoms with Crippen molar-refractivity contribution < 1.29 is 19.4 Å². The van der Waals surface area contributed by atoms with Gasteiger partial charge in [0.25, 0.3) is 5.91 Å². The highest BCUT2D eigenvalue weighted by molar-refractivity contribution is 6.05. The number of aromatic nitrogens is 1. The van der Waals surface area contributed by atoms with Crippen LogP contribution in [0, 0.1) is 0 Å². The fourth-order valence-corrected chi connectivity index (χ4v) is 2.88. The van der Waals surface area contributed by atoms with Gasteiger partial charge in [-0.2, -0.15) is 0 Å². The number of nitrogens with zero attached hydrogens (tertiary/aromatic N) is 2. The number of amides is 1. The van der Waals surface area contributed by atoms with Gasteiger partial charge >= 0.3 is 5.97 Å². The number of hydrogen-bond acceptors (Lipinski definition) is 4. The number of carbonyl (C=O) groups excluding carboxylic acids is 1. The molecule has 0 saturated heterocycles. The highest BCUT2D eigenvalue weighted by Crippen LogP contribution is 2.30. The van der Waals surface area contributed by atoms with Gasteiger partial charge in [0.15, 0.2) is 0 Å². The van der Waals surface area contributed by atoms with E-state index < -0.39 is 5.97 Å². The van der Waals surface area contributed by atoms with Gasteiger partial charge in [-0.05, 0) is 55.2 Å². The lowest BCUT2D eigenvalue weighted by molar-refractivity contribution is 0.0690. The van der Waals surface area contributed by atoms with Crippen LogP contribution in [0.5, 0.6) is 5.75 Å². The average Bonchev–Trinajstić information content (AvgIpc) is 2.82. The van der Waals surface area contributed by atoms with Crippen molar-refractivity contribution in [3.63, 3.8) is 0 Å². The zero-order chi connectivity index (χ0) is 17.1. The summed E-state index contributed by atoms with van der Waals surface area (Å²) in [5, 5.41) is 9.06. The summed E-state index contributed by atoms with van der Waals surface area (Å²) >= 11 is 0. The van der Waals surface area contributed by atoms with E-state index in [4.69, 9.17) is 9.84 Å². The SMILES string of the molecule is COc1ccc2c(c1)CCCCN2C(=O)c1cccc(C(=O)O)n1. The second-order valence-electron chi connectivity index (χ2n) is 5.62. The zero-order valence-electron chi connectivity index (χ0n) is 13.4. The Balaban J connectivity index is 1.98. The average molecular weight is 326 g/mol. The van der Waals surface area contributed by atoms with E-state index in [1.54, 1.807) is 18.1 Å². The molecule has 2 heterocycles. The molecule has 6 heteroatoms. The van der Waals surface area contributed by atoms with E-state index in [2.05, 4.69) is 4.98 Å². The first-order valence-corrected chi connectivity index (χ1v) is 7.79. The van der Waals surface area contributed by atoms with Gasteiger partial charge in [-0.15, -0.1) is 0 Å². The number of hydrogen-bond donors (Lipinski definition) is 1. The number of carboxylic acid groups (broad SMARTS) is 1. The van der Waals surface area contributed by atoms with Crippen molar-refractivity contribution in [2.75, 3.05) is 18.6 Å². The van der Waals surface area contributed by atoms with Crippen molar-refractivity contribution in [3.05, 3.63) is 53.3 Å². The molecule has 0 atom stereocenters. The monoisotopic (exact) mass is 326 g/mol. The second-order valence-corrected chi connectivity index (χ2v) is 5.62. The lowest BCUT2D eigenvalue weighted by Crippen LogP contribution is -2.32. The standard InChI is InChI=1S/C18H18N2O4/c1-24-13-8-9-16-12(11-13)5-2-3-10-20(16)17(21)14-6-4-7-15(19-14)18(22)23/h4,6-9,11H,2-3,5,10H2,1H3,(H,22,23). The largest absolute Gasteiger partial charge is 0.497 e. The summed E-state index contributed by atoms with van der Waals surface area (Å²) in [7, 11) is 1.61. The van der Waals surface area contributed by atoms with Gasteiger partial charge < -0.3 is 14.7 Å². The molecular weight excluding hydrogens is 308 g/mol. The van der Waals surface area contributed by atoms with Gasteiger partial charge in [-0.1, -0.05) is 6.07 Å². The number of pyridine rings is 1. The Morgan fingerprint density at radius 1 is 1.17 bits per heavy atom. The van der Waals surface area contributed by atoms with Crippen molar-refractivity contribution in [2.45, 2.75) is 19.3 Å². The van der Waals surface area contributed by atoms with Gasteiger partial charge in [-0.25, -0.2) is 9.78 Å². The number of benzene rings is 1. The molecule has 0 bridgehead atoms. The molecule has 1 aromatic carbocycles. The van der Waals surface area contributed by atoms with Crippen LogP contribution in [-0.2, 0) is 6.42 Å². The van der Waals surface area contributed by atoms with Crippen molar-refractivity contribution in [1.29, 1.82) is 0 Å². The zero-order valence-corrected chi connectivity index (χ0v) is 13.4. The maximum atomic E-state index is 12.9. The maximum Gasteiger partial charge on any atom is 0.354 e. The van der Waals surface area contributed by atoms with E-state index in [0.717, 1.165) is 36.3 Å². The van der Waals surface area contributed by atoms with Crippen molar-refractivity contribution >= 4 is 17.6 Å². The van der Waals surface area contributed by atoms with Crippen LogP contribution in [0.2, 0.25) is 0 Å². The van der Waals surface area contributed by atoms with Crippen molar-refractivity contribution in [1.82, 2.24) is 4.98 Å². The van der Waals surface area contributed by atoms with Gasteiger partial charge in [0.1, 0.15) is 17.1 Å². The summed E-state index contributed by atoms with van der Waals surface area (Å²) in [6, 6.07) is 10.1. The molecule has 0 unspecified atom stereocenters.